The van der Waals surface area contributed by atoms with Crippen LogP contribution in [0.3, 0.4) is 0 Å². The highest BCUT2D eigenvalue weighted by Gasteiger charge is 2.54. The summed E-state index contributed by atoms with van der Waals surface area (Å²) in [6.45, 7) is 17.0. The number of ether oxygens (including phenoxy) is 4. The van der Waals surface area contributed by atoms with Crippen molar-refractivity contribution in [2.45, 2.75) is 110 Å². The molecule has 2 saturated heterocycles. The van der Waals surface area contributed by atoms with E-state index in [9.17, 15) is 9.90 Å². The van der Waals surface area contributed by atoms with Crippen LogP contribution >= 0.6 is 0 Å². The number of benzene rings is 1. The monoisotopic (exact) mass is 529 g/mol. The normalized spacial score (nSPS) is 28.8. The molecule has 2 fully saturated rings. The molecule has 1 amide bonds. The Hall–Kier alpha value is -2.25. The van der Waals surface area contributed by atoms with Crippen LogP contribution in [0.2, 0.25) is 0 Å². The van der Waals surface area contributed by atoms with Crippen LogP contribution in [0.4, 0.5) is 4.79 Å². The van der Waals surface area contributed by atoms with Crippen molar-refractivity contribution in [1.29, 1.82) is 0 Å². The van der Waals surface area contributed by atoms with Crippen LogP contribution in [0.15, 0.2) is 29.8 Å². The Morgan fingerprint density at radius 3 is 2.63 bits per heavy atom. The van der Waals surface area contributed by atoms with E-state index in [0.717, 1.165) is 37.0 Å². The third-order valence-electron chi connectivity index (χ3n) is 7.77. The molecule has 0 unspecified atom stereocenters. The van der Waals surface area contributed by atoms with Gasteiger partial charge in [0.25, 0.3) is 0 Å². The smallest absolute Gasteiger partial charge is 0.410 e. The molecule has 0 saturated carbocycles. The lowest BCUT2D eigenvalue weighted by Gasteiger charge is -2.54. The predicted molar refractivity (Wildman–Crippen MR) is 148 cm³/mol. The number of likely N-dealkylation sites (tertiary alicyclic amines) is 1. The second-order valence-corrected chi connectivity index (χ2v) is 13.4. The maximum atomic E-state index is 12.8. The minimum Gasteiger partial charge on any atom is -0.487 e. The zero-order valence-corrected chi connectivity index (χ0v) is 24.5. The number of nitrogens with zero attached hydrogens (tertiary/aromatic N) is 1. The fourth-order valence-corrected chi connectivity index (χ4v) is 5.93. The van der Waals surface area contributed by atoms with Crippen molar-refractivity contribution in [2.24, 2.45) is 11.8 Å². The van der Waals surface area contributed by atoms with E-state index in [-0.39, 0.29) is 36.7 Å². The van der Waals surface area contributed by atoms with E-state index in [1.165, 1.54) is 5.57 Å². The second-order valence-electron chi connectivity index (χ2n) is 13.4. The number of allylic oxidation sites excluding steroid dienone is 2. The van der Waals surface area contributed by atoms with E-state index < -0.39 is 16.8 Å². The molecule has 0 spiro atoms. The quantitative estimate of drug-likeness (QED) is 0.428. The van der Waals surface area contributed by atoms with E-state index in [2.05, 4.69) is 32.9 Å². The molecule has 1 N–H and O–H groups in total. The Morgan fingerprint density at radius 2 is 1.97 bits per heavy atom. The van der Waals surface area contributed by atoms with Gasteiger partial charge in [-0.1, -0.05) is 23.8 Å². The maximum absolute atomic E-state index is 12.8. The number of rotatable bonds is 6. The molecule has 212 valence electrons. The highest BCUT2D eigenvalue weighted by molar-refractivity contribution is 5.68. The molecular formula is C31H47NO6. The SMILES string of the molecule is CC(C)=CCC[C@]1(C)Oc2c(OCC(C)(C)O)cccc2[C@H]2O[C@H]3CCN(C(=O)OC(C)(C)C)C[C@@H]3C[C@@H]21. The molecule has 0 radical (unpaired) electrons. The summed E-state index contributed by atoms with van der Waals surface area (Å²) < 4.78 is 25.5. The molecule has 4 rings (SSSR count). The van der Waals surface area contributed by atoms with Crippen molar-refractivity contribution in [3.05, 3.63) is 35.4 Å². The predicted octanol–water partition coefficient (Wildman–Crippen LogP) is 6.44. The molecular weight excluding hydrogens is 482 g/mol. The molecule has 1 aromatic carbocycles. The Morgan fingerprint density at radius 1 is 1.24 bits per heavy atom. The first-order chi connectivity index (χ1) is 17.7. The Balaban J connectivity index is 1.62. The lowest BCUT2D eigenvalue weighted by atomic mass is 9.68. The highest BCUT2D eigenvalue weighted by Crippen LogP contribution is 2.56. The number of amides is 1. The van der Waals surface area contributed by atoms with E-state index in [0.29, 0.717) is 18.8 Å². The van der Waals surface area contributed by atoms with Gasteiger partial charge in [0, 0.05) is 30.5 Å². The number of para-hydroxylation sites is 1. The van der Waals surface area contributed by atoms with Gasteiger partial charge in [-0.05, 0) is 87.1 Å². The third-order valence-corrected chi connectivity index (χ3v) is 7.77. The van der Waals surface area contributed by atoms with Crippen molar-refractivity contribution >= 4 is 6.09 Å². The topological polar surface area (TPSA) is 77.5 Å². The number of hydrogen-bond donors (Lipinski definition) is 1. The summed E-state index contributed by atoms with van der Waals surface area (Å²) in [7, 11) is 0. The molecule has 0 bridgehead atoms. The molecule has 3 aliphatic heterocycles. The minimum absolute atomic E-state index is 0.0730. The van der Waals surface area contributed by atoms with Crippen molar-refractivity contribution < 1.29 is 28.8 Å². The number of hydrogen-bond acceptors (Lipinski definition) is 6. The van der Waals surface area contributed by atoms with Crippen molar-refractivity contribution in [3.8, 4) is 11.5 Å². The molecule has 7 nitrogen and oxygen atoms in total. The molecule has 3 heterocycles. The molecule has 3 aliphatic rings. The van der Waals surface area contributed by atoms with Crippen LogP contribution in [0.5, 0.6) is 11.5 Å². The van der Waals surface area contributed by atoms with Crippen LogP contribution in [0.1, 0.15) is 92.7 Å². The number of piperidine rings is 1. The summed E-state index contributed by atoms with van der Waals surface area (Å²) in [5.74, 6) is 1.72. The fraction of sp³-hybridized carbons (Fsp3) is 0.710. The minimum atomic E-state index is -0.955. The standard InChI is InChI=1S/C31H47NO6/c1-20(2)11-10-15-31(8)23-17-21-18-32(28(33)38-29(3,4)5)16-14-24(21)36-26(23)22-12-9-13-25(27(22)37-31)35-19-30(6,7)34/h9,11-13,21,23-24,26,34H,10,14-19H2,1-8H3/t21-,23-,24-,26+,31-/m0/s1. The van der Waals surface area contributed by atoms with Gasteiger partial charge in [0.2, 0.25) is 0 Å². The van der Waals surface area contributed by atoms with Crippen LogP contribution in [-0.2, 0) is 9.47 Å². The van der Waals surface area contributed by atoms with Crippen LogP contribution in [-0.4, -0.2) is 58.7 Å². The highest BCUT2D eigenvalue weighted by atomic mass is 16.6. The van der Waals surface area contributed by atoms with Gasteiger partial charge in [0.05, 0.1) is 17.8 Å². The number of carbonyl (C=O) groups excluding carboxylic acids is 1. The third kappa shape index (κ3) is 6.66. The van der Waals surface area contributed by atoms with E-state index in [4.69, 9.17) is 18.9 Å². The van der Waals surface area contributed by atoms with Crippen LogP contribution in [0.25, 0.3) is 0 Å². The van der Waals surface area contributed by atoms with Crippen molar-refractivity contribution in [1.82, 2.24) is 4.90 Å². The van der Waals surface area contributed by atoms with Gasteiger partial charge in [-0.15, -0.1) is 0 Å². The van der Waals surface area contributed by atoms with E-state index >= 15 is 0 Å². The lowest BCUT2D eigenvalue weighted by Crippen LogP contribution is -2.57. The molecule has 0 aliphatic carbocycles. The number of aliphatic hydroxyl groups is 1. The summed E-state index contributed by atoms with van der Waals surface area (Å²) in [5, 5.41) is 10.3. The Bertz CT molecular complexity index is 1030. The molecule has 5 atom stereocenters. The van der Waals surface area contributed by atoms with E-state index in [1.807, 2.05) is 37.8 Å². The molecule has 7 heteroatoms. The fourth-order valence-electron chi connectivity index (χ4n) is 5.93. The molecule has 1 aromatic rings. The Kier molecular flexibility index (Phi) is 8.11. The summed E-state index contributed by atoms with van der Waals surface area (Å²) in [6, 6.07) is 5.97. The zero-order valence-electron chi connectivity index (χ0n) is 24.5. The van der Waals surface area contributed by atoms with Crippen molar-refractivity contribution in [2.75, 3.05) is 19.7 Å². The van der Waals surface area contributed by atoms with Crippen molar-refractivity contribution in [3.63, 3.8) is 0 Å². The summed E-state index contributed by atoms with van der Waals surface area (Å²) >= 11 is 0. The lowest BCUT2D eigenvalue weighted by molar-refractivity contribution is -0.191. The van der Waals surface area contributed by atoms with Gasteiger partial charge in [-0.25, -0.2) is 4.79 Å². The first-order valence-electron chi connectivity index (χ1n) is 14.1. The van der Waals surface area contributed by atoms with Gasteiger partial charge in [0.15, 0.2) is 11.5 Å². The van der Waals surface area contributed by atoms with E-state index in [1.54, 1.807) is 13.8 Å². The summed E-state index contributed by atoms with van der Waals surface area (Å²) in [6.07, 6.45) is 5.41. The molecule has 38 heavy (non-hydrogen) atoms. The van der Waals surface area contributed by atoms with Gasteiger partial charge in [-0.3, -0.25) is 0 Å². The first kappa shape index (κ1) is 28.8. The number of carbonyl (C=O) groups is 1. The van der Waals surface area contributed by atoms with Gasteiger partial charge in [0.1, 0.15) is 17.8 Å². The van der Waals surface area contributed by atoms with Gasteiger partial charge in [-0.2, -0.15) is 0 Å². The largest absolute Gasteiger partial charge is 0.487 e. The van der Waals surface area contributed by atoms with Gasteiger partial charge >= 0.3 is 6.09 Å². The van der Waals surface area contributed by atoms with Gasteiger partial charge < -0.3 is 29.0 Å². The summed E-state index contributed by atoms with van der Waals surface area (Å²) in [4.78, 5) is 14.7. The second kappa shape index (κ2) is 10.7. The van der Waals surface area contributed by atoms with Crippen LogP contribution in [0, 0.1) is 11.8 Å². The first-order valence-corrected chi connectivity index (χ1v) is 14.1. The average molecular weight is 530 g/mol. The zero-order chi connectivity index (χ0) is 27.9. The molecule has 0 aromatic heterocycles. The van der Waals surface area contributed by atoms with Crippen LogP contribution < -0.4 is 9.47 Å². The summed E-state index contributed by atoms with van der Waals surface area (Å²) in [5.41, 5.74) is 0.351. The average Bonchev–Trinajstić information content (AvgIpc) is 2.80. The Labute approximate surface area is 228 Å². The number of fused-ring (bicyclic) bond motifs is 4. The maximum Gasteiger partial charge on any atom is 0.410 e.